The SMILES string of the molecule is CCC(C)CC(N)c1ccccc1F. The van der Waals surface area contributed by atoms with Crippen molar-refractivity contribution in [1.29, 1.82) is 0 Å². The van der Waals surface area contributed by atoms with Gasteiger partial charge in [0, 0.05) is 11.6 Å². The number of halogens is 1. The first-order chi connectivity index (χ1) is 6.65. The summed E-state index contributed by atoms with van der Waals surface area (Å²) in [6, 6.07) is 6.57. The molecule has 0 saturated carbocycles. The zero-order valence-corrected chi connectivity index (χ0v) is 8.83. The average molecular weight is 195 g/mol. The summed E-state index contributed by atoms with van der Waals surface area (Å²) >= 11 is 0. The van der Waals surface area contributed by atoms with Gasteiger partial charge < -0.3 is 5.73 Å². The van der Waals surface area contributed by atoms with E-state index in [4.69, 9.17) is 5.73 Å². The van der Waals surface area contributed by atoms with E-state index in [1.54, 1.807) is 12.1 Å². The molecule has 2 atom stereocenters. The molecule has 0 aromatic heterocycles. The van der Waals surface area contributed by atoms with Crippen LogP contribution in [0.1, 0.15) is 38.3 Å². The number of nitrogens with two attached hydrogens (primary N) is 1. The molecular formula is C12H18FN. The molecule has 0 fully saturated rings. The van der Waals surface area contributed by atoms with Crippen LogP contribution in [0.25, 0.3) is 0 Å². The largest absolute Gasteiger partial charge is 0.324 e. The highest BCUT2D eigenvalue weighted by Gasteiger charge is 2.12. The lowest BCUT2D eigenvalue weighted by atomic mass is 9.95. The first kappa shape index (κ1) is 11.2. The molecule has 0 spiro atoms. The van der Waals surface area contributed by atoms with E-state index in [-0.39, 0.29) is 11.9 Å². The van der Waals surface area contributed by atoms with Crippen molar-refractivity contribution in [3.05, 3.63) is 35.6 Å². The summed E-state index contributed by atoms with van der Waals surface area (Å²) in [5.41, 5.74) is 6.56. The smallest absolute Gasteiger partial charge is 0.127 e. The summed E-state index contributed by atoms with van der Waals surface area (Å²) < 4.78 is 13.3. The van der Waals surface area contributed by atoms with Crippen LogP contribution in [0.2, 0.25) is 0 Å². The molecule has 0 heterocycles. The van der Waals surface area contributed by atoms with Crippen LogP contribution in [0, 0.1) is 11.7 Å². The maximum absolute atomic E-state index is 13.3. The van der Waals surface area contributed by atoms with Crippen LogP contribution in [0.15, 0.2) is 24.3 Å². The molecule has 1 aromatic rings. The van der Waals surface area contributed by atoms with E-state index in [2.05, 4.69) is 13.8 Å². The topological polar surface area (TPSA) is 26.0 Å². The predicted molar refractivity (Wildman–Crippen MR) is 57.4 cm³/mol. The molecule has 2 heteroatoms. The summed E-state index contributed by atoms with van der Waals surface area (Å²) in [6.45, 7) is 4.26. The van der Waals surface area contributed by atoms with Gasteiger partial charge in [0.25, 0.3) is 0 Å². The van der Waals surface area contributed by atoms with Crippen molar-refractivity contribution in [3.63, 3.8) is 0 Å². The first-order valence-corrected chi connectivity index (χ1v) is 5.15. The number of hydrogen-bond donors (Lipinski definition) is 1. The highest BCUT2D eigenvalue weighted by Crippen LogP contribution is 2.22. The quantitative estimate of drug-likeness (QED) is 0.784. The summed E-state index contributed by atoms with van der Waals surface area (Å²) in [6.07, 6.45) is 1.93. The molecular weight excluding hydrogens is 177 g/mol. The zero-order valence-electron chi connectivity index (χ0n) is 8.83. The van der Waals surface area contributed by atoms with Gasteiger partial charge in [0.1, 0.15) is 5.82 Å². The molecule has 78 valence electrons. The van der Waals surface area contributed by atoms with E-state index >= 15 is 0 Å². The fraction of sp³-hybridized carbons (Fsp3) is 0.500. The predicted octanol–water partition coefficient (Wildman–Crippen LogP) is 3.26. The van der Waals surface area contributed by atoms with Crippen LogP contribution in [0.4, 0.5) is 4.39 Å². The molecule has 2 N–H and O–H groups in total. The lowest BCUT2D eigenvalue weighted by molar-refractivity contribution is 0.449. The van der Waals surface area contributed by atoms with Crippen molar-refractivity contribution < 1.29 is 4.39 Å². The van der Waals surface area contributed by atoms with Gasteiger partial charge >= 0.3 is 0 Å². The van der Waals surface area contributed by atoms with Gasteiger partial charge in [-0.05, 0) is 18.4 Å². The minimum absolute atomic E-state index is 0.175. The van der Waals surface area contributed by atoms with Crippen molar-refractivity contribution in [2.75, 3.05) is 0 Å². The van der Waals surface area contributed by atoms with E-state index < -0.39 is 0 Å². The minimum atomic E-state index is -0.191. The Morgan fingerprint density at radius 3 is 2.57 bits per heavy atom. The second-order valence-corrected chi connectivity index (χ2v) is 3.88. The molecule has 2 unspecified atom stereocenters. The molecule has 0 aliphatic carbocycles. The Morgan fingerprint density at radius 2 is 2.00 bits per heavy atom. The van der Waals surface area contributed by atoms with E-state index in [1.807, 2.05) is 6.07 Å². The summed E-state index contributed by atoms with van der Waals surface area (Å²) in [7, 11) is 0. The van der Waals surface area contributed by atoms with Gasteiger partial charge in [0.15, 0.2) is 0 Å². The van der Waals surface area contributed by atoms with Crippen molar-refractivity contribution in [1.82, 2.24) is 0 Å². The molecule has 0 bridgehead atoms. The monoisotopic (exact) mass is 195 g/mol. The standard InChI is InChI=1S/C12H18FN/c1-3-9(2)8-12(14)10-6-4-5-7-11(10)13/h4-7,9,12H,3,8,14H2,1-2H3. The zero-order chi connectivity index (χ0) is 10.6. The fourth-order valence-corrected chi connectivity index (χ4v) is 1.50. The Morgan fingerprint density at radius 1 is 1.36 bits per heavy atom. The Labute approximate surface area is 85.1 Å². The maximum Gasteiger partial charge on any atom is 0.127 e. The van der Waals surface area contributed by atoms with Gasteiger partial charge in [-0.2, -0.15) is 0 Å². The van der Waals surface area contributed by atoms with Crippen LogP contribution in [-0.4, -0.2) is 0 Å². The van der Waals surface area contributed by atoms with Crippen molar-refractivity contribution >= 4 is 0 Å². The van der Waals surface area contributed by atoms with Crippen LogP contribution < -0.4 is 5.73 Å². The Hall–Kier alpha value is -0.890. The van der Waals surface area contributed by atoms with Gasteiger partial charge in [0.05, 0.1) is 0 Å². The maximum atomic E-state index is 13.3. The van der Waals surface area contributed by atoms with Crippen molar-refractivity contribution in [2.45, 2.75) is 32.7 Å². The van der Waals surface area contributed by atoms with Crippen LogP contribution in [-0.2, 0) is 0 Å². The van der Waals surface area contributed by atoms with E-state index in [0.29, 0.717) is 11.5 Å². The Balaban J connectivity index is 2.69. The Kier molecular flexibility index (Phi) is 4.08. The van der Waals surface area contributed by atoms with Crippen LogP contribution in [0.3, 0.4) is 0 Å². The first-order valence-electron chi connectivity index (χ1n) is 5.15. The highest BCUT2D eigenvalue weighted by atomic mass is 19.1. The van der Waals surface area contributed by atoms with Gasteiger partial charge in [-0.3, -0.25) is 0 Å². The third-order valence-electron chi connectivity index (χ3n) is 2.66. The molecule has 1 nitrogen and oxygen atoms in total. The molecule has 0 aliphatic rings. The molecule has 0 aliphatic heterocycles. The summed E-state index contributed by atoms with van der Waals surface area (Å²) in [4.78, 5) is 0. The number of hydrogen-bond acceptors (Lipinski definition) is 1. The lowest BCUT2D eigenvalue weighted by Crippen LogP contribution is -2.15. The second-order valence-electron chi connectivity index (χ2n) is 3.88. The molecule has 1 rings (SSSR count). The number of rotatable bonds is 4. The number of benzene rings is 1. The fourth-order valence-electron chi connectivity index (χ4n) is 1.50. The van der Waals surface area contributed by atoms with Crippen LogP contribution >= 0.6 is 0 Å². The minimum Gasteiger partial charge on any atom is -0.324 e. The lowest BCUT2D eigenvalue weighted by Gasteiger charge is -2.16. The second kappa shape index (κ2) is 5.11. The van der Waals surface area contributed by atoms with Gasteiger partial charge in [-0.1, -0.05) is 38.5 Å². The normalized spacial score (nSPS) is 15.1. The van der Waals surface area contributed by atoms with Gasteiger partial charge in [0.2, 0.25) is 0 Å². The molecule has 1 aromatic carbocycles. The molecule has 14 heavy (non-hydrogen) atoms. The third kappa shape index (κ3) is 2.81. The van der Waals surface area contributed by atoms with Crippen LogP contribution in [0.5, 0.6) is 0 Å². The summed E-state index contributed by atoms with van der Waals surface area (Å²) in [5.74, 6) is 0.355. The third-order valence-corrected chi connectivity index (χ3v) is 2.66. The Bertz CT molecular complexity index is 285. The molecule has 0 radical (unpaired) electrons. The van der Waals surface area contributed by atoms with Gasteiger partial charge in [-0.25, -0.2) is 4.39 Å². The van der Waals surface area contributed by atoms with Crippen molar-refractivity contribution in [2.24, 2.45) is 11.7 Å². The van der Waals surface area contributed by atoms with E-state index in [1.165, 1.54) is 6.07 Å². The highest BCUT2D eigenvalue weighted by molar-refractivity contribution is 5.20. The molecule has 0 saturated heterocycles. The van der Waals surface area contributed by atoms with E-state index in [0.717, 1.165) is 12.8 Å². The summed E-state index contributed by atoms with van der Waals surface area (Å²) in [5, 5.41) is 0. The molecule has 0 amide bonds. The van der Waals surface area contributed by atoms with E-state index in [9.17, 15) is 4.39 Å². The van der Waals surface area contributed by atoms with Gasteiger partial charge in [-0.15, -0.1) is 0 Å². The van der Waals surface area contributed by atoms with Crippen molar-refractivity contribution in [3.8, 4) is 0 Å². The average Bonchev–Trinajstić information content (AvgIpc) is 2.18.